The first-order chi connectivity index (χ1) is 6.20. The lowest BCUT2D eigenvalue weighted by Crippen LogP contribution is -2.13. The minimum absolute atomic E-state index is 0.0743. The molecule has 13 heavy (non-hydrogen) atoms. The Balaban J connectivity index is 2.18. The lowest BCUT2D eigenvalue weighted by molar-refractivity contribution is -0.147. The van der Waals surface area contributed by atoms with Crippen LogP contribution < -0.4 is 0 Å². The fraction of sp³-hybridized carbons (Fsp3) is 0.556. The third-order valence-electron chi connectivity index (χ3n) is 1.55. The molecule has 1 aromatic rings. The molecule has 0 spiro atoms. The largest absolute Gasteiger partial charge is 0.465 e. The Morgan fingerprint density at radius 1 is 1.69 bits per heavy atom. The zero-order valence-electron chi connectivity index (χ0n) is 7.82. The first-order valence-electron chi connectivity index (χ1n) is 4.24. The van der Waals surface area contributed by atoms with Crippen LogP contribution in [0.15, 0.2) is 17.0 Å². The third-order valence-corrected chi connectivity index (χ3v) is 1.55. The number of ether oxygens (including phenoxy) is 1. The van der Waals surface area contributed by atoms with Crippen molar-refractivity contribution in [3.05, 3.63) is 18.4 Å². The summed E-state index contributed by atoms with van der Waals surface area (Å²) in [6, 6.07) is 0. The van der Waals surface area contributed by atoms with Gasteiger partial charge in [-0.2, -0.15) is 0 Å². The maximum atomic E-state index is 11.0. The highest BCUT2D eigenvalue weighted by Gasteiger charge is 2.07. The van der Waals surface area contributed by atoms with Crippen LogP contribution >= 0.6 is 0 Å². The van der Waals surface area contributed by atoms with E-state index in [4.69, 9.17) is 9.15 Å². The molecule has 0 saturated heterocycles. The summed E-state index contributed by atoms with van der Waals surface area (Å²) in [4.78, 5) is 14.8. The molecule has 1 heterocycles. The van der Waals surface area contributed by atoms with E-state index < -0.39 is 0 Å². The molecule has 72 valence electrons. The molecule has 0 aliphatic heterocycles. The molecular weight excluding hydrogens is 170 g/mol. The molecule has 0 atom stereocenters. The molecule has 4 heteroatoms. The first kappa shape index (κ1) is 9.77. The number of nitrogens with zero attached hydrogens (tertiary/aromatic N) is 1. The molecule has 0 radical (unpaired) electrons. The number of esters is 1. The van der Waals surface area contributed by atoms with E-state index >= 15 is 0 Å². The summed E-state index contributed by atoms with van der Waals surface area (Å²) in [7, 11) is 0. The highest BCUT2D eigenvalue weighted by Crippen LogP contribution is 2.00. The Labute approximate surface area is 76.9 Å². The first-order valence-corrected chi connectivity index (χ1v) is 4.24. The van der Waals surface area contributed by atoms with Crippen molar-refractivity contribution in [2.45, 2.75) is 20.3 Å². The number of aromatic nitrogens is 1. The van der Waals surface area contributed by atoms with Crippen molar-refractivity contribution in [1.82, 2.24) is 4.98 Å². The van der Waals surface area contributed by atoms with Crippen molar-refractivity contribution in [3.8, 4) is 0 Å². The predicted octanol–water partition coefficient (Wildman–Crippen LogP) is 1.42. The van der Waals surface area contributed by atoms with Crippen molar-refractivity contribution in [2.24, 2.45) is 5.92 Å². The summed E-state index contributed by atoms with van der Waals surface area (Å²) in [5, 5.41) is 0. The van der Waals surface area contributed by atoms with Gasteiger partial charge in [-0.05, 0) is 0 Å². The lowest BCUT2D eigenvalue weighted by Gasteiger charge is -2.04. The molecule has 1 rings (SSSR count). The molecule has 1 aromatic heterocycles. The zero-order chi connectivity index (χ0) is 9.68. The minimum atomic E-state index is -0.181. The smallest absolute Gasteiger partial charge is 0.308 e. The Bertz CT molecular complexity index is 254. The molecule has 0 N–H and O–H groups in total. The van der Waals surface area contributed by atoms with Crippen LogP contribution in [0.4, 0.5) is 0 Å². The van der Waals surface area contributed by atoms with Crippen molar-refractivity contribution in [1.29, 1.82) is 0 Å². The molecule has 0 aliphatic carbocycles. The molecule has 0 unspecified atom stereocenters. The highest BCUT2D eigenvalue weighted by atomic mass is 16.5. The number of hydrogen-bond acceptors (Lipinski definition) is 4. The van der Waals surface area contributed by atoms with E-state index in [0.29, 0.717) is 13.0 Å². The van der Waals surface area contributed by atoms with Gasteiger partial charge in [-0.25, -0.2) is 4.98 Å². The standard InChI is InChI=1S/C9H13NO3/c1-7(2)9(11)12-4-3-8-5-10-6-13-8/h5-7H,3-4H2,1-2H3. The fourth-order valence-corrected chi connectivity index (χ4v) is 0.784. The maximum Gasteiger partial charge on any atom is 0.308 e. The topological polar surface area (TPSA) is 52.3 Å². The minimum Gasteiger partial charge on any atom is -0.465 e. The van der Waals surface area contributed by atoms with Gasteiger partial charge in [0.1, 0.15) is 5.76 Å². The van der Waals surface area contributed by atoms with E-state index in [1.54, 1.807) is 20.0 Å². The third kappa shape index (κ3) is 3.27. The van der Waals surface area contributed by atoms with Crippen LogP contribution in [0.2, 0.25) is 0 Å². The monoisotopic (exact) mass is 183 g/mol. The van der Waals surface area contributed by atoms with Crippen molar-refractivity contribution in [2.75, 3.05) is 6.61 Å². The summed E-state index contributed by atoms with van der Waals surface area (Å²) < 4.78 is 9.92. The molecule has 0 aliphatic rings. The highest BCUT2D eigenvalue weighted by molar-refractivity contribution is 5.71. The van der Waals surface area contributed by atoms with Gasteiger partial charge in [-0.15, -0.1) is 0 Å². The summed E-state index contributed by atoms with van der Waals surface area (Å²) in [5.74, 6) is 0.478. The predicted molar refractivity (Wildman–Crippen MR) is 46.0 cm³/mol. The van der Waals surface area contributed by atoms with Crippen LogP contribution in [0.5, 0.6) is 0 Å². The average Bonchev–Trinajstić information content (AvgIpc) is 2.56. The van der Waals surface area contributed by atoms with Crippen LogP contribution in [0.1, 0.15) is 19.6 Å². The van der Waals surface area contributed by atoms with Gasteiger partial charge in [0.25, 0.3) is 0 Å². The molecule has 0 bridgehead atoms. The molecular formula is C9H13NO3. The van der Waals surface area contributed by atoms with Gasteiger partial charge in [0.05, 0.1) is 18.7 Å². The van der Waals surface area contributed by atoms with Gasteiger partial charge < -0.3 is 9.15 Å². The SMILES string of the molecule is CC(C)C(=O)OCCc1cnco1. The average molecular weight is 183 g/mol. The van der Waals surface area contributed by atoms with Crippen molar-refractivity contribution in [3.63, 3.8) is 0 Å². The Morgan fingerprint density at radius 2 is 2.46 bits per heavy atom. The summed E-state index contributed by atoms with van der Waals surface area (Å²) in [6.07, 6.45) is 3.56. The van der Waals surface area contributed by atoms with Crippen molar-refractivity contribution < 1.29 is 13.9 Å². The number of rotatable bonds is 4. The van der Waals surface area contributed by atoms with Gasteiger partial charge in [0, 0.05) is 6.42 Å². The summed E-state index contributed by atoms with van der Waals surface area (Å²) >= 11 is 0. The normalized spacial score (nSPS) is 10.4. The van der Waals surface area contributed by atoms with Crippen LogP contribution in [-0.2, 0) is 16.0 Å². The van der Waals surface area contributed by atoms with E-state index in [1.165, 1.54) is 6.39 Å². The number of carbonyl (C=O) groups excluding carboxylic acids is 1. The van der Waals surface area contributed by atoms with E-state index in [9.17, 15) is 4.79 Å². The van der Waals surface area contributed by atoms with Gasteiger partial charge in [-0.1, -0.05) is 13.8 Å². The second kappa shape index (κ2) is 4.64. The van der Waals surface area contributed by atoms with Gasteiger partial charge in [-0.3, -0.25) is 4.79 Å². The van der Waals surface area contributed by atoms with E-state index in [1.807, 2.05) is 0 Å². The molecule has 0 fully saturated rings. The van der Waals surface area contributed by atoms with E-state index in [0.717, 1.165) is 5.76 Å². The second-order valence-corrected chi connectivity index (χ2v) is 3.04. The Kier molecular flexibility index (Phi) is 3.49. The zero-order valence-corrected chi connectivity index (χ0v) is 7.82. The van der Waals surface area contributed by atoms with E-state index in [-0.39, 0.29) is 11.9 Å². The van der Waals surface area contributed by atoms with Crippen LogP contribution in [0, 0.1) is 5.92 Å². The summed E-state index contributed by atoms with van der Waals surface area (Å²) in [5.41, 5.74) is 0. The number of oxazole rings is 1. The van der Waals surface area contributed by atoms with Gasteiger partial charge >= 0.3 is 5.97 Å². The fourth-order valence-electron chi connectivity index (χ4n) is 0.784. The Morgan fingerprint density at radius 3 is 3.00 bits per heavy atom. The molecule has 0 amide bonds. The maximum absolute atomic E-state index is 11.0. The number of carbonyl (C=O) groups is 1. The van der Waals surface area contributed by atoms with Crippen molar-refractivity contribution >= 4 is 5.97 Å². The van der Waals surface area contributed by atoms with Crippen LogP contribution in [0.3, 0.4) is 0 Å². The van der Waals surface area contributed by atoms with Crippen LogP contribution in [-0.4, -0.2) is 17.6 Å². The van der Waals surface area contributed by atoms with Gasteiger partial charge in [0.15, 0.2) is 6.39 Å². The molecule has 4 nitrogen and oxygen atoms in total. The lowest BCUT2D eigenvalue weighted by atomic mass is 10.2. The number of hydrogen-bond donors (Lipinski definition) is 0. The van der Waals surface area contributed by atoms with Gasteiger partial charge in [0.2, 0.25) is 0 Å². The molecule has 0 saturated carbocycles. The quantitative estimate of drug-likeness (QED) is 0.662. The Hall–Kier alpha value is -1.32. The molecule has 0 aromatic carbocycles. The summed E-state index contributed by atoms with van der Waals surface area (Å²) in [6.45, 7) is 3.96. The van der Waals surface area contributed by atoms with Crippen LogP contribution in [0.25, 0.3) is 0 Å². The second-order valence-electron chi connectivity index (χ2n) is 3.04. The van der Waals surface area contributed by atoms with E-state index in [2.05, 4.69) is 4.98 Å².